The van der Waals surface area contributed by atoms with Crippen LogP contribution in [0.25, 0.3) is 0 Å². The SMILES string of the molecule is C=C(CCC)CCc1ccccc1SF. The smallest absolute Gasteiger partial charge is 0.0815 e. The average molecular weight is 224 g/mol. The standard InChI is InChI=1S/C13H17FS/c1-3-6-11(2)9-10-12-7-4-5-8-13(12)15-14/h4-5,7-8H,2-3,6,9-10H2,1H3. The van der Waals surface area contributed by atoms with E-state index in [1.807, 2.05) is 24.3 Å². The zero-order chi connectivity index (χ0) is 11.1. The summed E-state index contributed by atoms with van der Waals surface area (Å²) < 4.78 is 12.6. The van der Waals surface area contributed by atoms with Crippen molar-refractivity contribution in [2.45, 2.75) is 37.5 Å². The molecular formula is C13H17FS. The summed E-state index contributed by atoms with van der Waals surface area (Å²) in [6.07, 6.45) is 4.07. The molecule has 0 amide bonds. The highest BCUT2D eigenvalue weighted by molar-refractivity contribution is 7.94. The highest BCUT2D eigenvalue weighted by Gasteiger charge is 2.03. The van der Waals surface area contributed by atoms with Crippen LogP contribution in [0.15, 0.2) is 41.3 Å². The molecule has 0 aliphatic heterocycles. The van der Waals surface area contributed by atoms with Crippen LogP contribution in [0.2, 0.25) is 0 Å². The van der Waals surface area contributed by atoms with Gasteiger partial charge in [-0.2, -0.15) is 3.89 Å². The Balaban J connectivity index is 2.53. The summed E-state index contributed by atoms with van der Waals surface area (Å²) in [5, 5.41) is 0. The lowest BCUT2D eigenvalue weighted by Gasteiger charge is -2.06. The van der Waals surface area contributed by atoms with Crippen molar-refractivity contribution in [2.24, 2.45) is 0 Å². The molecule has 0 nitrogen and oxygen atoms in total. The Bertz CT molecular complexity index is 320. The Morgan fingerprint density at radius 2 is 2.07 bits per heavy atom. The summed E-state index contributed by atoms with van der Waals surface area (Å²) in [4.78, 5) is 0.738. The van der Waals surface area contributed by atoms with Crippen molar-refractivity contribution in [3.8, 4) is 0 Å². The fourth-order valence-corrected chi connectivity index (χ4v) is 1.97. The number of allylic oxidation sites excluding steroid dienone is 1. The van der Waals surface area contributed by atoms with E-state index in [0.29, 0.717) is 12.1 Å². The summed E-state index contributed by atoms with van der Waals surface area (Å²) in [5.74, 6) is 0. The molecule has 0 aliphatic rings. The zero-order valence-corrected chi connectivity index (χ0v) is 9.95. The fraction of sp³-hybridized carbons (Fsp3) is 0.385. The first-order chi connectivity index (χ1) is 7.27. The second-order valence-corrected chi connectivity index (χ2v) is 4.28. The fourth-order valence-electron chi connectivity index (χ4n) is 1.58. The van der Waals surface area contributed by atoms with Gasteiger partial charge >= 0.3 is 0 Å². The van der Waals surface area contributed by atoms with E-state index in [2.05, 4.69) is 13.5 Å². The van der Waals surface area contributed by atoms with Gasteiger partial charge in [0.25, 0.3) is 0 Å². The summed E-state index contributed by atoms with van der Waals surface area (Å²) in [6.45, 7) is 6.16. The molecule has 0 spiro atoms. The number of halogens is 1. The van der Waals surface area contributed by atoms with E-state index in [1.165, 1.54) is 5.57 Å². The number of benzene rings is 1. The minimum atomic E-state index is 0.331. The minimum absolute atomic E-state index is 0.331. The molecule has 0 heterocycles. The van der Waals surface area contributed by atoms with Crippen molar-refractivity contribution in [1.29, 1.82) is 0 Å². The van der Waals surface area contributed by atoms with E-state index in [9.17, 15) is 3.89 Å². The van der Waals surface area contributed by atoms with Gasteiger partial charge in [-0.15, -0.1) is 0 Å². The molecule has 0 N–H and O–H groups in total. The molecule has 0 aliphatic carbocycles. The van der Waals surface area contributed by atoms with Gasteiger partial charge < -0.3 is 0 Å². The van der Waals surface area contributed by atoms with Gasteiger partial charge in [-0.05, 0) is 30.9 Å². The number of hydrogen-bond donors (Lipinski definition) is 0. The van der Waals surface area contributed by atoms with E-state index < -0.39 is 0 Å². The van der Waals surface area contributed by atoms with Crippen LogP contribution < -0.4 is 0 Å². The second kappa shape index (κ2) is 6.67. The summed E-state index contributed by atoms with van der Waals surface area (Å²) in [6, 6.07) is 7.63. The van der Waals surface area contributed by atoms with E-state index in [0.717, 1.165) is 36.1 Å². The summed E-state index contributed by atoms with van der Waals surface area (Å²) in [5.41, 5.74) is 2.35. The van der Waals surface area contributed by atoms with E-state index in [-0.39, 0.29) is 0 Å². The molecule has 82 valence electrons. The third kappa shape index (κ3) is 4.08. The zero-order valence-electron chi connectivity index (χ0n) is 9.13. The normalized spacial score (nSPS) is 10.3. The Labute approximate surface area is 95.9 Å². The molecule has 0 aromatic heterocycles. The van der Waals surface area contributed by atoms with E-state index in [4.69, 9.17) is 0 Å². The Morgan fingerprint density at radius 1 is 1.33 bits per heavy atom. The predicted molar refractivity (Wildman–Crippen MR) is 65.8 cm³/mol. The third-order valence-corrected chi connectivity index (χ3v) is 2.97. The van der Waals surface area contributed by atoms with Crippen molar-refractivity contribution in [2.75, 3.05) is 0 Å². The van der Waals surface area contributed by atoms with Crippen molar-refractivity contribution in [3.63, 3.8) is 0 Å². The van der Waals surface area contributed by atoms with Crippen LogP contribution in [-0.4, -0.2) is 0 Å². The van der Waals surface area contributed by atoms with Gasteiger partial charge in [0, 0.05) is 4.90 Å². The van der Waals surface area contributed by atoms with Crippen LogP contribution in [-0.2, 0) is 6.42 Å². The number of aryl methyl sites for hydroxylation is 1. The third-order valence-electron chi connectivity index (χ3n) is 2.41. The molecule has 0 radical (unpaired) electrons. The first kappa shape index (κ1) is 12.3. The largest absolute Gasteiger partial charge is 0.160 e. The maximum Gasteiger partial charge on any atom is 0.0815 e. The first-order valence-electron chi connectivity index (χ1n) is 5.31. The molecule has 0 atom stereocenters. The molecule has 1 aromatic rings. The van der Waals surface area contributed by atoms with Crippen molar-refractivity contribution in [1.82, 2.24) is 0 Å². The molecule has 2 heteroatoms. The monoisotopic (exact) mass is 224 g/mol. The Hall–Kier alpha value is -0.760. The van der Waals surface area contributed by atoms with Crippen LogP contribution in [0.3, 0.4) is 0 Å². The molecule has 0 bridgehead atoms. The van der Waals surface area contributed by atoms with Crippen LogP contribution >= 0.6 is 12.1 Å². The van der Waals surface area contributed by atoms with Crippen LogP contribution in [0.5, 0.6) is 0 Å². The Kier molecular flexibility index (Phi) is 5.48. The van der Waals surface area contributed by atoms with Crippen molar-refractivity contribution >= 4 is 12.1 Å². The highest BCUT2D eigenvalue weighted by atomic mass is 32.2. The molecule has 15 heavy (non-hydrogen) atoms. The average Bonchev–Trinajstić information content (AvgIpc) is 2.27. The van der Waals surface area contributed by atoms with Gasteiger partial charge in [0.05, 0.1) is 12.1 Å². The lowest BCUT2D eigenvalue weighted by molar-refractivity contribution is 0.814. The topological polar surface area (TPSA) is 0 Å². The maximum absolute atomic E-state index is 12.6. The number of hydrogen-bond acceptors (Lipinski definition) is 1. The van der Waals surface area contributed by atoms with Gasteiger partial charge in [0.1, 0.15) is 0 Å². The quantitative estimate of drug-likeness (QED) is 0.616. The number of rotatable bonds is 6. The molecule has 1 aromatic carbocycles. The lowest BCUT2D eigenvalue weighted by atomic mass is 10.0. The molecule has 0 unspecified atom stereocenters. The summed E-state index contributed by atoms with van der Waals surface area (Å²) in [7, 11) is 0. The van der Waals surface area contributed by atoms with Crippen molar-refractivity contribution in [3.05, 3.63) is 42.0 Å². The van der Waals surface area contributed by atoms with Gasteiger partial charge in [-0.25, -0.2) is 0 Å². The van der Waals surface area contributed by atoms with Gasteiger partial charge in [-0.1, -0.05) is 43.7 Å². The first-order valence-corrected chi connectivity index (χ1v) is 6.02. The lowest BCUT2D eigenvalue weighted by Crippen LogP contribution is -1.90. The van der Waals surface area contributed by atoms with Crippen LogP contribution in [0, 0.1) is 0 Å². The molecule has 0 saturated carbocycles. The van der Waals surface area contributed by atoms with E-state index >= 15 is 0 Å². The maximum atomic E-state index is 12.6. The van der Waals surface area contributed by atoms with Gasteiger partial charge in [0.15, 0.2) is 0 Å². The second-order valence-electron chi connectivity index (χ2n) is 3.68. The molecule has 0 saturated heterocycles. The highest BCUT2D eigenvalue weighted by Crippen LogP contribution is 2.25. The molecule has 1 rings (SSSR count). The predicted octanol–water partition coefficient (Wildman–Crippen LogP) is 4.95. The van der Waals surface area contributed by atoms with Gasteiger partial charge in [0.2, 0.25) is 0 Å². The summed E-state index contributed by atoms with van der Waals surface area (Å²) >= 11 is 0.331. The minimum Gasteiger partial charge on any atom is -0.160 e. The molecule has 0 fully saturated rings. The Morgan fingerprint density at radius 3 is 2.73 bits per heavy atom. The van der Waals surface area contributed by atoms with Crippen LogP contribution in [0.1, 0.15) is 31.7 Å². The van der Waals surface area contributed by atoms with Gasteiger partial charge in [-0.3, -0.25) is 0 Å². The van der Waals surface area contributed by atoms with E-state index in [1.54, 1.807) is 0 Å². The van der Waals surface area contributed by atoms with Crippen LogP contribution in [0.4, 0.5) is 3.89 Å². The molecular weight excluding hydrogens is 207 g/mol. The van der Waals surface area contributed by atoms with Crippen molar-refractivity contribution < 1.29 is 3.89 Å².